The molecule has 3 aromatic carbocycles. The van der Waals surface area contributed by atoms with Crippen molar-refractivity contribution < 1.29 is 23.0 Å². The Balaban J connectivity index is 1.23. The summed E-state index contributed by atoms with van der Waals surface area (Å²) in [6, 6.07) is 18.1. The second-order valence-electron chi connectivity index (χ2n) is 9.00. The second kappa shape index (κ2) is 9.99. The van der Waals surface area contributed by atoms with Crippen LogP contribution in [0.3, 0.4) is 0 Å². The summed E-state index contributed by atoms with van der Waals surface area (Å²) in [6.45, 7) is 0. The lowest BCUT2D eigenvalue weighted by atomic mass is 10.0. The molecule has 10 heteroatoms. The topological polar surface area (TPSA) is 94.5 Å². The van der Waals surface area contributed by atoms with Crippen LogP contribution in [-0.2, 0) is 7.05 Å². The fourth-order valence-electron chi connectivity index (χ4n) is 4.28. The Morgan fingerprint density at radius 1 is 1.00 bits per heavy atom. The van der Waals surface area contributed by atoms with E-state index in [1.54, 1.807) is 29.9 Å². The summed E-state index contributed by atoms with van der Waals surface area (Å²) in [4.78, 5) is 30.3. The van der Waals surface area contributed by atoms with E-state index in [1.807, 2.05) is 18.2 Å². The highest BCUT2D eigenvalue weighted by atomic mass is 19.1. The molecular formula is C30H20F2N4O4. The molecule has 6 rings (SSSR count). The third kappa shape index (κ3) is 4.73. The molecule has 0 saturated carbocycles. The van der Waals surface area contributed by atoms with Crippen LogP contribution in [0.4, 0.5) is 26.0 Å². The SMILES string of the molecule is Cn1cc(C(=O)Nc2ccc(Oc3ccnc4c3Oc3ccccc3N4)c(F)c2)c(=O)c(-c2ccc(F)cc2)c1. The predicted octanol–water partition coefficient (Wildman–Crippen LogP) is 6.62. The lowest BCUT2D eigenvalue weighted by molar-refractivity contribution is 0.102. The third-order valence-corrected chi connectivity index (χ3v) is 6.18. The molecule has 0 unspecified atom stereocenters. The van der Waals surface area contributed by atoms with Gasteiger partial charge in [0.25, 0.3) is 5.91 Å². The fourth-order valence-corrected chi connectivity index (χ4v) is 4.28. The van der Waals surface area contributed by atoms with Gasteiger partial charge in [-0.15, -0.1) is 0 Å². The summed E-state index contributed by atoms with van der Waals surface area (Å²) in [6.07, 6.45) is 4.43. The Labute approximate surface area is 226 Å². The van der Waals surface area contributed by atoms with Crippen LogP contribution in [0.5, 0.6) is 23.0 Å². The summed E-state index contributed by atoms with van der Waals surface area (Å²) in [5.41, 5.74) is 0.852. The molecule has 198 valence electrons. The molecule has 8 nitrogen and oxygen atoms in total. The Morgan fingerprint density at radius 3 is 2.60 bits per heavy atom. The number of halogens is 2. The van der Waals surface area contributed by atoms with Gasteiger partial charge in [-0.3, -0.25) is 9.59 Å². The normalized spacial score (nSPS) is 11.5. The molecule has 0 radical (unpaired) electrons. The van der Waals surface area contributed by atoms with Gasteiger partial charge in [0.1, 0.15) is 11.4 Å². The predicted molar refractivity (Wildman–Crippen MR) is 146 cm³/mol. The van der Waals surface area contributed by atoms with Crippen molar-refractivity contribution in [1.29, 1.82) is 0 Å². The summed E-state index contributed by atoms with van der Waals surface area (Å²) in [5.74, 6) is -0.491. The molecule has 0 aliphatic carbocycles. The van der Waals surface area contributed by atoms with Crippen LogP contribution < -0.4 is 25.5 Å². The number of hydrogen-bond donors (Lipinski definition) is 2. The van der Waals surface area contributed by atoms with Crippen molar-refractivity contribution >= 4 is 23.1 Å². The van der Waals surface area contributed by atoms with Gasteiger partial charge in [0.15, 0.2) is 28.9 Å². The molecule has 3 heterocycles. The van der Waals surface area contributed by atoms with Gasteiger partial charge >= 0.3 is 0 Å². The van der Waals surface area contributed by atoms with Gasteiger partial charge < -0.3 is 24.7 Å². The first-order valence-corrected chi connectivity index (χ1v) is 12.1. The zero-order valence-corrected chi connectivity index (χ0v) is 20.9. The van der Waals surface area contributed by atoms with Crippen molar-refractivity contribution in [3.8, 4) is 34.1 Å². The molecule has 0 saturated heterocycles. The molecule has 0 spiro atoms. The second-order valence-corrected chi connectivity index (χ2v) is 9.00. The number of rotatable bonds is 5. The van der Waals surface area contributed by atoms with Crippen molar-refractivity contribution in [3.05, 3.63) is 119 Å². The van der Waals surface area contributed by atoms with E-state index in [4.69, 9.17) is 9.47 Å². The maximum Gasteiger partial charge on any atom is 0.261 e. The Kier molecular flexibility index (Phi) is 6.19. The van der Waals surface area contributed by atoms with Gasteiger partial charge in [-0.1, -0.05) is 24.3 Å². The number of carbonyl (C=O) groups is 1. The van der Waals surface area contributed by atoms with Crippen LogP contribution in [0.2, 0.25) is 0 Å². The molecule has 0 bridgehead atoms. The monoisotopic (exact) mass is 538 g/mol. The molecule has 2 aromatic heterocycles. The van der Waals surface area contributed by atoms with E-state index in [0.29, 0.717) is 22.9 Å². The highest BCUT2D eigenvalue weighted by molar-refractivity contribution is 6.04. The molecule has 0 atom stereocenters. The number of ether oxygens (including phenoxy) is 2. The number of anilines is 3. The minimum absolute atomic E-state index is 0.108. The zero-order valence-electron chi connectivity index (χ0n) is 20.9. The quantitative estimate of drug-likeness (QED) is 0.256. The van der Waals surface area contributed by atoms with Crippen LogP contribution in [-0.4, -0.2) is 15.5 Å². The van der Waals surface area contributed by atoms with Gasteiger partial charge in [-0.2, -0.15) is 0 Å². The largest absolute Gasteiger partial charge is 0.450 e. The van der Waals surface area contributed by atoms with Crippen LogP contribution in [0, 0.1) is 11.6 Å². The van der Waals surface area contributed by atoms with E-state index in [9.17, 15) is 14.0 Å². The first-order valence-electron chi connectivity index (χ1n) is 12.1. The average molecular weight is 539 g/mol. The number of hydrogen-bond acceptors (Lipinski definition) is 6. The average Bonchev–Trinajstić information content (AvgIpc) is 2.95. The molecule has 1 aliphatic rings. The Morgan fingerprint density at radius 2 is 1.80 bits per heavy atom. The van der Waals surface area contributed by atoms with E-state index in [0.717, 1.165) is 11.8 Å². The zero-order chi connectivity index (χ0) is 27.8. The fraction of sp³-hybridized carbons (Fsp3) is 0.0333. The van der Waals surface area contributed by atoms with Crippen molar-refractivity contribution in [1.82, 2.24) is 9.55 Å². The smallest absolute Gasteiger partial charge is 0.261 e. The Bertz CT molecular complexity index is 1840. The molecular weight excluding hydrogens is 518 g/mol. The lowest BCUT2D eigenvalue weighted by Gasteiger charge is -2.22. The van der Waals surface area contributed by atoms with E-state index in [-0.39, 0.29) is 28.3 Å². The van der Waals surface area contributed by atoms with Crippen molar-refractivity contribution in [2.24, 2.45) is 7.05 Å². The van der Waals surface area contributed by atoms with Gasteiger partial charge in [0.05, 0.1) is 5.69 Å². The standard InChI is InChI=1S/C30H20F2N4O4/c1-36-15-20(17-6-8-18(31)9-7-17)27(37)21(16-36)30(38)34-19-10-11-24(22(32)14-19)39-26-12-13-33-29-28(26)40-25-5-3-2-4-23(25)35-29/h2-16H,1H3,(H,33,35)(H,34,38). The number of benzene rings is 3. The first-order chi connectivity index (χ1) is 19.4. The maximum absolute atomic E-state index is 15.1. The van der Waals surface area contributed by atoms with Gasteiger partial charge in [0, 0.05) is 49.0 Å². The van der Waals surface area contributed by atoms with Crippen molar-refractivity contribution in [2.45, 2.75) is 0 Å². The number of amides is 1. The van der Waals surface area contributed by atoms with E-state index >= 15 is 4.39 Å². The first kappa shape index (κ1) is 24.8. The third-order valence-electron chi connectivity index (χ3n) is 6.18. The lowest BCUT2D eigenvalue weighted by Crippen LogP contribution is -2.24. The number of pyridine rings is 2. The molecule has 40 heavy (non-hydrogen) atoms. The van der Waals surface area contributed by atoms with Crippen molar-refractivity contribution in [2.75, 3.05) is 10.6 Å². The molecule has 1 amide bonds. The molecule has 2 N–H and O–H groups in total. The van der Waals surface area contributed by atoms with Crippen LogP contribution >= 0.6 is 0 Å². The van der Waals surface area contributed by atoms with Gasteiger partial charge in [-0.05, 0) is 42.0 Å². The minimum atomic E-state index is -0.750. The van der Waals surface area contributed by atoms with Gasteiger partial charge in [-0.25, -0.2) is 13.8 Å². The van der Waals surface area contributed by atoms with Gasteiger partial charge in [0.2, 0.25) is 11.2 Å². The van der Waals surface area contributed by atoms with E-state index in [2.05, 4.69) is 15.6 Å². The van der Waals surface area contributed by atoms with E-state index < -0.39 is 23.0 Å². The van der Waals surface area contributed by atoms with Crippen LogP contribution in [0.15, 0.2) is 96.2 Å². The van der Waals surface area contributed by atoms with Crippen molar-refractivity contribution in [3.63, 3.8) is 0 Å². The molecule has 5 aromatic rings. The van der Waals surface area contributed by atoms with E-state index in [1.165, 1.54) is 48.8 Å². The molecule has 1 aliphatic heterocycles. The summed E-state index contributed by atoms with van der Waals surface area (Å²) in [7, 11) is 1.66. The minimum Gasteiger partial charge on any atom is -0.450 e. The number of para-hydroxylation sites is 2. The summed E-state index contributed by atoms with van der Waals surface area (Å²) < 4.78 is 41.7. The summed E-state index contributed by atoms with van der Waals surface area (Å²) >= 11 is 0. The maximum atomic E-state index is 15.1. The van der Waals surface area contributed by atoms with Crippen LogP contribution in [0.25, 0.3) is 11.1 Å². The Hall–Kier alpha value is -5.51. The number of aryl methyl sites for hydroxylation is 1. The number of carbonyl (C=O) groups excluding carboxylic acids is 1. The molecule has 0 fully saturated rings. The number of aromatic nitrogens is 2. The highest BCUT2D eigenvalue weighted by Crippen LogP contribution is 2.46. The number of fused-ring (bicyclic) bond motifs is 2. The number of nitrogens with zero attached hydrogens (tertiary/aromatic N) is 2. The number of nitrogens with one attached hydrogen (secondary N) is 2. The van der Waals surface area contributed by atoms with Crippen LogP contribution in [0.1, 0.15) is 10.4 Å². The highest BCUT2D eigenvalue weighted by Gasteiger charge is 2.23. The summed E-state index contributed by atoms with van der Waals surface area (Å²) in [5, 5.41) is 5.71.